The Bertz CT molecular complexity index is 2150. The summed E-state index contributed by atoms with van der Waals surface area (Å²) in [5.74, 6) is 1.74. The molecule has 3 aromatic heterocycles. The number of nitrogens with zero attached hydrogens (tertiary/aromatic N) is 6. The Morgan fingerprint density at radius 1 is 1.10 bits per heavy atom. The van der Waals surface area contributed by atoms with Crippen LogP contribution in [0, 0.1) is 0 Å². The summed E-state index contributed by atoms with van der Waals surface area (Å²) in [6, 6.07) is 5.16. The standard InChI is InChI=1S/C23H26ClN8O15P3/c1-31-8-14-19(29-23(31)34)27-17-12(3-2-4-13(17)44-14)42-6-5-25-20-18-21(30-22(24)28-20)32(10-26-18)16-7-11(33)15(45-16)9-43-49(38,39)47-50(40,41)46-48(35,36)37/h2-4,8,10-11,15-16,33H,5-7,9H2,1H3,(H,38,39)(H,40,41)(H,25,28,30)(H,27,29,34)(H2,35,36,37)/t11-,15+,16+/m0/s1. The molecule has 0 radical (unpaired) electrons. The van der Waals surface area contributed by atoms with E-state index in [4.69, 9.17) is 35.6 Å². The highest BCUT2D eigenvalue weighted by molar-refractivity contribution is 7.66. The van der Waals surface area contributed by atoms with E-state index in [0.29, 0.717) is 22.9 Å². The summed E-state index contributed by atoms with van der Waals surface area (Å²) in [6.07, 6.45) is -0.777. The molecule has 50 heavy (non-hydrogen) atoms. The molecule has 5 heterocycles. The van der Waals surface area contributed by atoms with Crippen LogP contribution in [0.4, 0.5) is 17.3 Å². The van der Waals surface area contributed by atoms with Crippen molar-refractivity contribution in [3.8, 4) is 17.2 Å². The number of benzene rings is 1. The number of phosphoric ester groups is 1. The lowest BCUT2D eigenvalue weighted by atomic mass is 10.2. The van der Waals surface area contributed by atoms with Gasteiger partial charge in [-0.3, -0.25) is 13.7 Å². The van der Waals surface area contributed by atoms with Gasteiger partial charge in [-0.15, -0.1) is 0 Å². The number of aryl methyl sites for hydroxylation is 1. The van der Waals surface area contributed by atoms with Crippen LogP contribution in [-0.2, 0) is 38.6 Å². The first kappa shape index (κ1) is 36.3. The molecule has 2 aliphatic heterocycles. The van der Waals surface area contributed by atoms with Crippen molar-refractivity contribution in [3.63, 3.8) is 0 Å². The maximum Gasteiger partial charge on any atom is 0.490 e. The van der Waals surface area contributed by atoms with E-state index in [1.165, 1.54) is 21.7 Å². The van der Waals surface area contributed by atoms with Crippen molar-refractivity contribution in [2.75, 3.05) is 30.4 Å². The second kappa shape index (κ2) is 13.9. The van der Waals surface area contributed by atoms with Gasteiger partial charge in [-0.05, 0) is 23.7 Å². The molecule has 1 aromatic carbocycles. The quantitative estimate of drug-likeness (QED) is 0.0509. The molecule has 0 bridgehead atoms. The Labute approximate surface area is 284 Å². The number of nitrogens with one attached hydrogen (secondary N) is 2. The molecular weight excluding hydrogens is 757 g/mol. The SMILES string of the molecule is Cn1cc2c(nc1=O)Nc1c(OCCNc3nc(Cl)nc4c3ncn4[C@H]3C[C@H](O)[C@@H](COP(=O)(O)OP(=O)(O)OP(=O)(O)O)O3)cccc1O2. The summed E-state index contributed by atoms with van der Waals surface area (Å²) in [6.45, 7) is -0.533. The molecule has 5 atom stereocenters. The highest BCUT2D eigenvalue weighted by Crippen LogP contribution is 2.66. The van der Waals surface area contributed by atoms with Crippen LogP contribution in [0.5, 0.6) is 17.2 Å². The van der Waals surface area contributed by atoms with E-state index in [-0.39, 0.29) is 47.7 Å². The van der Waals surface area contributed by atoms with Crippen LogP contribution in [0.2, 0.25) is 5.28 Å². The summed E-state index contributed by atoms with van der Waals surface area (Å²) in [5.41, 5.74) is 0.464. The fraction of sp³-hybridized carbons (Fsp3) is 0.348. The molecule has 0 amide bonds. The van der Waals surface area contributed by atoms with E-state index in [9.17, 15) is 33.4 Å². The Morgan fingerprint density at radius 3 is 2.64 bits per heavy atom. The van der Waals surface area contributed by atoms with Crippen molar-refractivity contribution >= 4 is 63.6 Å². The second-order valence-electron chi connectivity index (χ2n) is 10.5. The number of para-hydroxylation sites is 1. The molecule has 0 aliphatic carbocycles. The molecule has 2 aliphatic rings. The van der Waals surface area contributed by atoms with Crippen molar-refractivity contribution in [2.45, 2.75) is 24.9 Å². The number of anilines is 3. The summed E-state index contributed by atoms with van der Waals surface area (Å²) >= 11 is 6.19. The first-order chi connectivity index (χ1) is 23.5. The van der Waals surface area contributed by atoms with Gasteiger partial charge < -0.3 is 49.5 Å². The maximum atomic E-state index is 12.1. The topological polar surface area (TPSA) is 310 Å². The Morgan fingerprint density at radius 2 is 1.88 bits per heavy atom. The van der Waals surface area contributed by atoms with Gasteiger partial charge in [-0.25, -0.2) is 23.5 Å². The predicted octanol–water partition coefficient (Wildman–Crippen LogP) is 1.91. The van der Waals surface area contributed by atoms with E-state index in [0.717, 1.165) is 0 Å². The molecule has 0 saturated carbocycles. The second-order valence-corrected chi connectivity index (χ2v) is 15.2. The zero-order valence-electron chi connectivity index (χ0n) is 25.2. The third-order valence-electron chi connectivity index (χ3n) is 6.88. The number of imidazole rings is 1. The van der Waals surface area contributed by atoms with Gasteiger partial charge in [0.1, 0.15) is 30.4 Å². The number of fused-ring (bicyclic) bond motifs is 3. The zero-order chi connectivity index (χ0) is 36.0. The van der Waals surface area contributed by atoms with Gasteiger partial charge in [0.05, 0.1) is 31.8 Å². The third-order valence-corrected chi connectivity index (χ3v) is 10.9. The van der Waals surface area contributed by atoms with Crippen LogP contribution in [0.25, 0.3) is 11.2 Å². The highest BCUT2D eigenvalue weighted by atomic mass is 35.5. The van der Waals surface area contributed by atoms with Crippen molar-refractivity contribution < 1.29 is 65.7 Å². The lowest BCUT2D eigenvalue weighted by Crippen LogP contribution is -2.26. The smallest absolute Gasteiger partial charge is 0.489 e. The van der Waals surface area contributed by atoms with Crippen molar-refractivity contribution in [1.82, 2.24) is 29.1 Å². The van der Waals surface area contributed by atoms with E-state index < -0.39 is 54.2 Å². The zero-order valence-corrected chi connectivity index (χ0v) is 28.6. The average molecular weight is 783 g/mol. The lowest BCUT2D eigenvalue weighted by Gasteiger charge is -2.23. The first-order valence-electron chi connectivity index (χ1n) is 14.0. The number of aromatic nitrogens is 6. The number of ether oxygens (including phenoxy) is 3. The minimum atomic E-state index is -5.72. The predicted molar refractivity (Wildman–Crippen MR) is 168 cm³/mol. The molecular formula is C23H26ClN8O15P3. The minimum Gasteiger partial charge on any atom is -0.489 e. The van der Waals surface area contributed by atoms with Gasteiger partial charge in [0.25, 0.3) is 0 Å². The third kappa shape index (κ3) is 8.32. The number of rotatable bonds is 13. The van der Waals surface area contributed by atoms with Gasteiger partial charge in [-0.1, -0.05) is 6.07 Å². The van der Waals surface area contributed by atoms with E-state index in [1.807, 2.05) is 0 Å². The number of hydrogen-bond donors (Lipinski definition) is 7. The molecule has 7 N–H and O–H groups in total. The summed E-state index contributed by atoms with van der Waals surface area (Å²) in [4.78, 5) is 65.0. The molecule has 1 fully saturated rings. The molecule has 23 nitrogen and oxygen atoms in total. The Kier molecular flexibility index (Phi) is 10.1. The summed E-state index contributed by atoms with van der Waals surface area (Å²) < 4.78 is 66.6. The van der Waals surface area contributed by atoms with Gasteiger partial charge in [0.2, 0.25) is 5.28 Å². The van der Waals surface area contributed by atoms with Crippen LogP contribution in [-0.4, -0.2) is 85.7 Å². The van der Waals surface area contributed by atoms with Crippen molar-refractivity contribution in [1.29, 1.82) is 0 Å². The van der Waals surface area contributed by atoms with E-state index in [1.54, 1.807) is 25.2 Å². The van der Waals surface area contributed by atoms with Crippen molar-refractivity contribution in [2.24, 2.45) is 7.05 Å². The van der Waals surface area contributed by atoms with Crippen LogP contribution in [0.15, 0.2) is 35.5 Å². The lowest BCUT2D eigenvalue weighted by molar-refractivity contribution is -0.0423. The number of phosphoric acid groups is 3. The minimum absolute atomic E-state index is 0.0954. The average Bonchev–Trinajstić information content (AvgIpc) is 3.59. The van der Waals surface area contributed by atoms with Gasteiger partial charge in [-0.2, -0.15) is 23.6 Å². The molecule has 1 saturated heterocycles. The molecule has 0 spiro atoms. The first-order valence-corrected chi connectivity index (χ1v) is 18.9. The van der Waals surface area contributed by atoms with Crippen molar-refractivity contribution in [3.05, 3.63) is 46.5 Å². The largest absolute Gasteiger partial charge is 0.490 e. The van der Waals surface area contributed by atoms with Gasteiger partial charge >= 0.3 is 29.2 Å². The fourth-order valence-corrected chi connectivity index (χ4v) is 8.02. The number of aliphatic hydroxyl groups is 1. The fourth-order valence-electron chi connectivity index (χ4n) is 4.82. The van der Waals surface area contributed by atoms with E-state index >= 15 is 0 Å². The van der Waals surface area contributed by atoms with Crippen LogP contribution < -0.4 is 25.8 Å². The molecule has 4 aromatic rings. The highest BCUT2D eigenvalue weighted by Gasteiger charge is 2.43. The molecule has 2 unspecified atom stereocenters. The molecule has 6 rings (SSSR count). The number of halogens is 1. The normalized spacial score (nSPS) is 21.0. The number of aliphatic hydroxyl groups excluding tert-OH is 1. The van der Waals surface area contributed by atoms with E-state index in [2.05, 4.69) is 43.7 Å². The Hall–Kier alpha value is -3.53. The van der Waals surface area contributed by atoms with Crippen LogP contribution >= 0.6 is 35.1 Å². The molecule has 27 heteroatoms. The summed E-state index contributed by atoms with van der Waals surface area (Å²) in [7, 11) is -15.2. The Balaban J connectivity index is 1.07. The van der Waals surface area contributed by atoms with Crippen LogP contribution in [0.1, 0.15) is 12.6 Å². The van der Waals surface area contributed by atoms with Gasteiger partial charge in [0.15, 0.2) is 34.3 Å². The maximum absolute atomic E-state index is 12.1. The van der Waals surface area contributed by atoms with Gasteiger partial charge in [0, 0.05) is 13.5 Å². The number of hydrogen-bond acceptors (Lipinski definition) is 17. The molecule has 270 valence electrons. The monoisotopic (exact) mass is 782 g/mol. The summed E-state index contributed by atoms with van der Waals surface area (Å²) in [5, 5.41) is 16.5. The van der Waals surface area contributed by atoms with Crippen LogP contribution in [0.3, 0.4) is 0 Å².